The second kappa shape index (κ2) is 7.27. The van der Waals surface area contributed by atoms with Crippen molar-refractivity contribution in [2.24, 2.45) is 5.73 Å². The monoisotopic (exact) mass is 278 g/mol. The number of halogens is 3. The maximum absolute atomic E-state index is 13.0. The first-order chi connectivity index (χ1) is 8.52. The quantitative estimate of drug-likeness (QED) is 0.786. The number of carbonyl (C=O) groups excluding carboxylic acids is 1. The molecule has 0 fully saturated rings. The highest BCUT2D eigenvalue weighted by Crippen LogP contribution is 2.29. The molecule has 1 rings (SSSR count). The lowest BCUT2D eigenvalue weighted by Crippen LogP contribution is -2.16. The molecule has 0 spiro atoms. The van der Waals surface area contributed by atoms with E-state index in [0.717, 1.165) is 23.9 Å². The standard InChI is InChI=1S/C11H13F3N2OS/c12-7-1-2-9(18-6-10(13)14)8(5-7)16-11(17)3-4-15/h1-2,5,10H,3-4,6,15H2,(H,16,17). The molecule has 0 aliphatic heterocycles. The predicted molar refractivity (Wildman–Crippen MR) is 65.4 cm³/mol. The Morgan fingerprint density at radius 1 is 1.44 bits per heavy atom. The topological polar surface area (TPSA) is 55.1 Å². The highest BCUT2D eigenvalue weighted by molar-refractivity contribution is 7.99. The van der Waals surface area contributed by atoms with Crippen LogP contribution in [0.3, 0.4) is 0 Å². The highest BCUT2D eigenvalue weighted by Gasteiger charge is 2.11. The van der Waals surface area contributed by atoms with Crippen molar-refractivity contribution < 1.29 is 18.0 Å². The summed E-state index contributed by atoms with van der Waals surface area (Å²) in [6.45, 7) is 0.167. The average Bonchev–Trinajstić information content (AvgIpc) is 2.28. The van der Waals surface area contributed by atoms with Crippen molar-refractivity contribution in [2.75, 3.05) is 17.6 Å². The Bertz CT molecular complexity index is 415. The SMILES string of the molecule is NCCC(=O)Nc1cc(F)ccc1SCC(F)F. The highest BCUT2D eigenvalue weighted by atomic mass is 32.2. The minimum Gasteiger partial charge on any atom is -0.330 e. The van der Waals surface area contributed by atoms with E-state index in [0.29, 0.717) is 4.90 Å². The van der Waals surface area contributed by atoms with Crippen LogP contribution in [0.2, 0.25) is 0 Å². The first-order valence-corrected chi connectivity index (χ1v) is 6.22. The lowest BCUT2D eigenvalue weighted by Gasteiger charge is -2.10. The predicted octanol–water partition coefficient (Wildman–Crippen LogP) is 2.47. The van der Waals surface area contributed by atoms with Gasteiger partial charge < -0.3 is 11.1 Å². The number of carbonyl (C=O) groups is 1. The van der Waals surface area contributed by atoms with E-state index in [1.165, 1.54) is 6.07 Å². The Kier molecular flexibility index (Phi) is 6.00. The Balaban J connectivity index is 2.79. The number of anilines is 1. The third kappa shape index (κ3) is 4.97. The fraction of sp³-hybridized carbons (Fsp3) is 0.364. The number of nitrogens with two attached hydrogens (primary N) is 1. The maximum atomic E-state index is 13.0. The first kappa shape index (κ1) is 14.8. The van der Waals surface area contributed by atoms with E-state index in [9.17, 15) is 18.0 Å². The summed E-state index contributed by atoms with van der Waals surface area (Å²) in [5.74, 6) is -1.33. The molecule has 0 heterocycles. The van der Waals surface area contributed by atoms with Crippen LogP contribution in [-0.2, 0) is 4.79 Å². The molecule has 0 saturated carbocycles. The average molecular weight is 278 g/mol. The molecule has 1 aromatic carbocycles. The van der Waals surface area contributed by atoms with Crippen molar-refractivity contribution in [1.29, 1.82) is 0 Å². The van der Waals surface area contributed by atoms with Crippen LogP contribution in [0.25, 0.3) is 0 Å². The van der Waals surface area contributed by atoms with Crippen molar-refractivity contribution in [3.05, 3.63) is 24.0 Å². The summed E-state index contributed by atoms with van der Waals surface area (Å²) in [4.78, 5) is 11.7. The van der Waals surface area contributed by atoms with Gasteiger partial charge in [0.1, 0.15) is 5.82 Å². The van der Waals surface area contributed by atoms with E-state index in [2.05, 4.69) is 5.32 Å². The summed E-state index contributed by atoms with van der Waals surface area (Å²) in [6, 6.07) is 3.62. The maximum Gasteiger partial charge on any atom is 0.247 e. The minimum atomic E-state index is -2.47. The smallest absolute Gasteiger partial charge is 0.247 e. The van der Waals surface area contributed by atoms with Gasteiger partial charge in [-0.1, -0.05) is 0 Å². The van der Waals surface area contributed by atoms with Gasteiger partial charge in [-0.2, -0.15) is 0 Å². The zero-order chi connectivity index (χ0) is 13.5. The summed E-state index contributed by atoms with van der Waals surface area (Å²) < 4.78 is 37.3. The van der Waals surface area contributed by atoms with Gasteiger partial charge in [-0.15, -0.1) is 11.8 Å². The normalized spacial score (nSPS) is 10.7. The van der Waals surface area contributed by atoms with Crippen molar-refractivity contribution >= 4 is 23.4 Å². The molecule has 7 heteroatoms. The van der Waals surface area contributed by atoms with Gasteiger partial charge in [-0.25, -0.2) is 13.2 Å². The summed E-state index contributed by atoms with van der Waals surface area (Å²) >= 11 is 0.861. The summed E-state index contributed by atoms with van der Waals surface area (Å²) in [6.07, 6.45) is -2.37. The Morgan fingerprint density at radius 2 is 2.17 bits per heavy atom. The summed E-state index contributed by atoms with van der Waals surface area (Å²) in [5.41, 5.74) is 5.40. The van der Waals surface area contributed by atoms with Crippen LogP contribution in [0.5, 0.6) is 0 Å². The van der Waals surface area contributed by atoms with E-state index in [-0.39, 0.29) is 24.6 Å². The number of rotatable bonds is 6. The van der Waals surface area contributed by atoms with E-state index in [1.807, 2.05) is 0 Å². The minimum absolute atomic E-state index is 0.0927. The number of hydrogen-bond acceptors (Lipinski definition) is 3. The van der Waals surface area contributed by atoms with Crippen LogP contribution >= 0.6 is 11.8 Å². The lowest BCUT2D eigenvalue weighted by atomic mass is 10.3. The van der Waals surface area contributed by atoms with Gasteiger partial charge in [-0.3, -0.25) is 4.79 Å². The third-order valence-electron chi connectivity index (χ3n) is 1.95. The van der Waals surface area contributed by atoms with Gasteiger partial charge in [0.05, 0.1) is 11.4 Å². The second-order valence-corrected chi connectivity index (χ2v) is 4.49. The van der Waals surface area contributed by atoms with Crippen molar-refractivity contribution in [3.8, 4) is 0 Å². The van der Waals surface area contributed by atoms with Crippen LogP contribution in [0.1, 0.15) is 6.42 Å². The van der Waals surface area contributed by atoms with Gasteiger partial charge in [0.2, 0.25) is 12.3 Å². The van der Waals surface area contributed by atoms with Crippen molar-refractivity contribution in [3.63, 3.8) is 0 Å². The molecule has 100 valence electrons. The van der Waals surface area contributed by atoms with E-state index < -0.39 is 18.0 Å². The van der Waals surface area contributed by atoms with Crippen LogP contribution in [-0.4, -0.2) is 24.6 Å². The number of thioether (sulfide) groups is 1. The summed E-state index contributed by atoms with van der Waals surface area (Å²) in [7, 11) is 0. The number of benzene rings is 1. The molecule has 0 atom stereocenters. The van der Waals surface area contributed by atoms with Gasteiger partial charge in [0, 0.05) is 17.9 Å². The number of amides is 1. The molecular formula is C11H13F3N2OS. The van der Waals surface area contributed by atoms with Gasteiger partial charge in [0.15, 0.2) is 0 Å². The van der Waals surface area contributed by atoms with Crippen LogP contribution in [0, 0.1) is 5.82 Å². The largest absolute Gasteiger partial charge is 0.330 e. The molecule has 0 aromatic heterocycles. The Hall–Kier alpha value is -1.21. The second-order valence-electron chi connectivity index (χ2n) is 3.43. The Morgan fingerprint density at radius 3 is 2.78 bits per heavy atom. The lowest BCUT2D eigenvalue weighted by molar-refractivity contribution is -0.116. The van der Waals surface area contributed by atoms with Gasteiger partial charge in [0.25, 0.3) is 0 Å². The van der Waals surface area contributed by atoms with Crippen molar-refractivity contribution in [1.82, 2.24) is 0 Å². The molecule has 0 saturated heterocycles. The molecule has 0 aliphatic rings. The van der Waals surface area contributed by atoms with Crippen molar-refractivity contribution in [2.45, 2.75) is 17.7 Å². The molecule has 0 aliphatic carbocycles. The van der Waals surface area contributed by atoms with Gasteiger partial charge in [-0.05, 0) is 18.2 Å². The number of nitrogens with one attached hydrogen (secondary N) is 1. The zero-order valence-corrected chi connectivity index (χ0v) is 10.3. The van der Waals surface area contributed by atoms with E-state index in [1.54, 1.807) is 0 Å². The van der Waals surface area contributed by atoms with E-state index >= 15 is 0 Å². The molecule has 1 aromatic rings. The molecular weight excluding hydrogens is 265 g/mol. The van der Waals surface area contributed by atoms with E-state index in [4.69, 9.17) is 5.73 Å². The Labute approximate surface area is 107 Å². The molecule has 18 heavy (non-hydrogen) atoms. The fourth-order valence-corrected chi connectivity index (χ4v) is 1.96. The summed E-state index contributed by atoms with van der Waals surface area (Å²) in [5, 5.41) is 2.45. The third-order valence-corrected chi connectivity index (χ3v) is 3.04. The molecule has 0 radical (unpaired) electrons. The molecule has 0 unspecified atom stereocenters. The molecule has 3 nitrogen and oxygen atoms in total. The zero-order valence-electron chi connectivity index (χ0n) is 9.46. The first-order valence-electron chi connectivity index (χ1n) is 5.23. The molecule has 1 amide bonds. The number of hydrogen-bond donors (Lipinski definition) is 2. The molecule has 0 bridgehead atoms. The van der Waals surface area contributed by atoms with Crippen LogP contribution < -0.4 is 11.1 Å². The van der Waals surface area contributed by atoms with Gasteiger partial charge >= 0.3 is 0 Å². The number of alkyl halides is 2. The molecule has 3 N–H and O–H groups in total. The van der Waals surface area contributed by atoms with Crippen LogP contribution in [0.4, 0.5) is 18.9 Å². The van der Waals surface area contributed by atoms with Crippen LogP contribution in [0.15, 0.2) is 23.1 Å². The fourth-order valence-electron chi connectivity index (χ4n) is 1.22.